The van der Waals surface area contributed by atoms with Crippen molar-refractivity contribution in [1.29, 1.82) is 0 Å². The minimum absolute atomic E-state index is 0.520. The van der Waals surface area contributed by atoms with E-state index in [1.54, 1.807) is 18.7 Å². The van der Waals surface area contributed by atoms with Crippen molar-refractivity contribution in [2.45, 2.75) is 193 Å². The number of hydrogen-bond donors (Lipinski definition) is 5. The second-order valence-corrected chi connectivity index (χ2v) is 24.2. The largest absolute Gasteiger partial charge is 0.361 e. The summed E-state index contributed by atoms with van der Waals surface area (Å²) in [6, 6.07) is 22.7. The molecule has 0 aliphatic rings. The van der Waals surface area contributed by atoms with E-state index in [2.05, 4.69) is 240 Å². The number of hydrogen-bond acceptors (Lipinski definition) is 9. The number of aryl methyl sites for hydroxylation is 5. The van der Waals surface area contributed by atoms with Crippen molar-refractivity contribution < 1.29 is 4.52 Å². The van der Waals surface area contributed by atoms with Crippen molar-refractivity contribution in [3.63, 3.8) is 0 Å². The summed E-state index contributed by atoms with van der Waals surface area (Å²) in [6.07, 6.45) is 16.8. The van der Waals surface area contributed by atoms with Gasteiger partial charge in [-0.3, -0.25) is 10.1 Å². The van der Waals surface area contributed by atoms with Gasteiger partial charge in [-0.15, -0.1) is 11.3 Å². The van der Waals surface area contributed by atoms with Gasteiger partial charge < -0.3 is 24.5 Å². The Labute approximate surface area is 493 Å². The van der Waals surface area contributed by atoms with Gasteiger partial charge in [0.15, 0.2) is 0 Å². The molecule has 13 nitrogen and oxygen atoms in total. The Kier molecular flexibility index (Phi) is 27.4. The lowest BCUT2D eigenvalue weighted by molar-refractivity contribution is 0.392. The topological polar surface area (TPSA) is 182 Å². The van der Waals surface area contributed by atoms with E-state index in [1.165, 1.54) is 82.2 Å². The monoisotopic (exact) mass is 1130 g/mol. The molecule has 0 saturated carbocycles. The average molecular weight is 1130 g/mol. The van der Waals surface area contributed by atoms with Gasteiger partial charge in [-0.1, -0.05) is 140 Å². The summed E-state index contributed by atoms with van der Waals surface area (Å²) in [7, 11) is 0. The zero-order valence-corrected chi connectivity index (χ0v) is 53.9. The van der Waals surface area contributed by atoms with Crippen LogP contribution in [0.25, 0.3) is 33.0 Å². The van der Waals surface area contributed by atoms with Gasteiger partial charge in [-0.05, 0) is 147 Å². The molecule has 0 bridgehead atoms. The lowest BCUT2D eigenvalue weighted by Crippen LogP contribution is -1.89. The Morgan fingerprint density at radius 1 is 0.476 bits per heavy atom. The number of benzene rings is 1. The fourth-order valence-corrected chi connectivity index (χ4v) is 10.2. The van der Waals surface area contributed by atoms with E-state index >= 15 is 0 Å². The maximum absolute atomic E-state index is 5.01. The molecule has 0 spiro atoms. The average Bonchev–Trinajstić information content (AvgIpc) is 4.31. The quantitative estimate of drug-likeness (QED) is 0.0996. The van der Waals surface area contributed by atoms with Gasteiger partial charge in [0.05, 0.1) is 22.7 Å². The number of fused-ring (bicyclic) bond motifs is 3. The molecule has 14 heteroatoms. The Morgan fingerprint density at radius 3 is 1.51 bits per heavy atom. The number of pyridine rings is 3. The first-order valence-electron chi connectivity index (χ1n) is 29.1. The van der Waals surface area contributed by atoms with Crippen LogP contribution in [0.15, 0.2) is 127 Å². The summed E-state index contributed by atoms with van der Waals surface area (Å²) in [5, 5.41) is 15.6. The van der Waals surface area contributed by atoms with Crippen LogP contribution >= 0.6 is 11.3 Å². The van der Waals surface area contributed by atoms with Crippen LogP contribution in [0, 0.1) is 34.6 Å². The molecule has 11 aromatic rings. The number of nitrogens with one attached hydrogen (secondary N) is 5. The van der Waals surface area contributed by atoms with E-state index < -0.39 is 0 Å². The summed E-state index contributed by atoms with van der Waals surface area (Å²) in [4.78, 5) is 34.9. The van der Waals surface area contributed by atoms with Crippen LogP contribution in [0.2, 0.25) is 0 Å². The molecule has 82 heavy (non-hydrogen) atoms. The number of rotatable bonds is 8. The molecular formula is C68H96N12OS. The molecule has 440 valence electrons. The van der Waals surface area contributed by atoms with Crippen molar-refractivity contribution in [3.05, 3.63) is 195 Å². The zero-order valence-electron chi connectivity index (χ0n) is 53.1. The van der Waals surface area contributed by atoms with E-state index in [4.69, 9.17) is 4.52 Å². The molecule has 10 heterocycles. The first-order chi connectivity index (χ1) is 38.9. The molecule has 0 radical (unpaired) electrons. The second kappa shape index (κ2) is 33.5. The van der Waals surface area contributed by atoms with Gasteiger partial charge in [0.2, 0.25) is 0 Å². The van der Waals surface area contributed by atoms with Gasteiger partial charge in [0, 0.05) is 98.8 Å². The molecule has 0 fully saturated rings. The molecule has 5 N–H and O–H groups in total. The number of thiazole rings is 1. The lowest BCUT2D eigenvalue weighted by atomic mass is 10.0. The zero-order chi connectivity index (χ0) is 60.6. The Hall–Kier alpha value is -7.45. The van der Waals surface area contributed by atoms with Crippen LogP contribution in [0.4, 0.5) is 0 Å². The van der Waals surface area contributed by atoms with Crippen LogP contribution < -0.4 is 0 Å². The number of aromatic amines is 5. The van der Waals surface area contributed by atoms with E-state index in [1.807, 2.05) is 80.4 Å². The third-order valence-corrected chi connectivity index (χ3v) is 14.9. The third-order valence-electron chi connectivity index (χ3n) is 13.5. The lowest BCUT2D eigenvalue weighted by Gasteiger charge is -2.03. The predicted molar refractivity (Wildman–Crippen MR) is 347 cm³/mol. The molecule has 0 saturated heterocycles. The summed E-state index contributed by atoms with van der Waals surface area (Å²) < 4.78 is 5.01. The highest BCUT2D eigenvalue weighted by atomic mass is 32.1. The maximum atomic E-state index is 5.01. The molecule has 1 aromatic carbocycles. The normalized spacial score (nSPS) is 10.9. The Balaban J connectivity index is 0.000000203. The van der Waals surface area contributed by atoms with Crippen molar-refractivity contribution >= 4 is 44.3 Å². The van der Waals surface area contributed by atoms with Crippen LogP contribution in [0.1, 0.15) is 230 Å². The highest BCUT2D eigenvalue weighted by Crippen LogP contribution is 2.29. The Morgan fingerprint density at radius 2 is 1.07 bits per heavy atom. The highest BCUT2D eigenvalue weighted by Gasteiger charge is 2.13. The van der Waals surface area contributed by atoms with Crippen LogP contribution in [0.3, 0.4) is 0 Å². The molecule has 0 amide bonds. The SMILES string of the molecule is CC(C)c1c[nH]c2ccccc12.CC(C)c1c[nH]c2ncccc12.CC(C)c1cccnc1.CC(C)c1ccn[nH]1.CC(C)c1cnc[nH]1.Cc1[nH]c2ncccc2c1C(C)C.Cc1nc(C)c(C(C)C)s1.Cc1noc(C)c1C(C)C. The molecule has 10 aromatic heterocycles. The van der Waals surface area contributed by atoms with Gasteiger partial charge in [0.25, 0.3) is 0 Å². The smallest absolute Gasteiger partial charge is 0.137 e. The van der Waals surface area contributed by atoms with Gasteiger partial charge in [0.1, 0.15) is 17.1 Å². The first kappa shape index (κ1) is 67.1. The predicted octanol–water partition coefficient (Wildman–Crippen LogP) is 19.5. The number of H-pyrrole nitrogens is 5. The maximum Gasteiger partial charge on any atom is 0.137 e. The fraction of sp³-hybridized carbons (Fsp3) is 0.426. The highest BCUT2D eigenvalue weighted by molar-refractivity contribution is 7.11. The van der Waals surface area contributed by atoms with Crippen molar-refractivity contribution in [2.24, 2.45) is 0 Å². The number of imidazole rings is 1. The molecule has 11 rings (SSSR count). The van der Waals surface area contributed by atoms with Crippen molar-refractivity contribution in [2.75, 3.05) is 0 Å². The van der Waals surface area contributed by atoms with Gasteiger partial charge in [-0.2, -0.15) is 5.10 Å². The summed E-state index contributed by atoms with van der Waals surface area (Å²) in [5.74, 6) is 5.54. The fourth-order valence-electron chi connectivity index (χ4n) is 9.22. The van der Waals surface area contributed by atoms with E-state index in [0.29, 0.717) is 47.3 Å². The molecule has 0 unspecified atom stereocenters. The summed E-state index contributed by atoms with van der Waals surface area (Å²) in [6.45, 7) is 45.0. The van der Waals surface area contributed by atoms with E-state index in [-0.39, 0.29) is 0 Å². The molecule has 0 atom stereocenters. The summed E-state index contributed by atoms with van der Waals surface area (Å²) >= 11 is 1.81. The summed E-state index contributed by atoms with van der Waals surface area (Å²) in [5.41, 5.74) is 15.8. The standard InChI is InChI=1S/C11H14N2.C11H13N.C10H12N2.C8H13NO.C8H13NS.C8H11N.2C6H10N2/c1-7(2)10-8(3)13-11-9(10)5-4-6-12-11;1-8(2)10-7-12-11-6-4-3-5-9(10)11;1-7(2)9-6-12-10-8(9)4-3-5-11-10;1-5(2)8-6(3)9-10-7(8)4;1-5(2)8-6(3)9-7(4)10-8;1-7(2)8-4-3-5-9-6-8;1-5(2)6-3-7-4-8-6;1-5(2)6-3-4-7-8-6/h4-7H,1-3H3,(H,12,13);3-8,12H,1-2H3;3-7H,1-2H3,(H,11,12);2*5H,1-4H3;3-7H,1-2H3;2*3-5H,1-2H3,(H,7,8). The third kappa shape index (κ3) is 20.5. The minimum Gasteiger partial charge on any atom is -0.361 e. The minimum atomic E-state index is 0.520. The van der Waals surface area contributed by atoms with E-state index in [0.717, 1.165) is 22.7 Å². The van der Waals surface area contributed by atoms with Crippen molar-refractivity contribution in [1.82, 2.24) is 60.2 Å². The Bertz CT molecular complexity index is 3320. The van der Waals surface area contributed by atoms with Crippen molar-refractivity contribution in [3.8, 4) is 0 Å². The number of nitrogens with zero attached hydrogens (tertiary/aromatic N) is 7. The van der Waals surface area contributed by atoms with Crippen LogP contribution in [-0.2, 0) is 0 Å². The van der Waals surface area contributed by atoms with Gasteiger partial charge in [-0.25, -0.2) is 19.9 Å². The van der Waals surface area contributed by atoms with Gasteiger partial charge >= 0.3 is 0 Å². The number of para-hydroxylation sites is 1. The second-order valence-electron chi connectivity index (χ2n) is 23.0. The molecule has 0 aliphatic carbocycles. The molecular weight excluding hydrogens is 1030 g/mol. The van der Waals surface area contributed by atoms with Crippen LogP contribution in [-0.4, -0.2) is 60.2 Å². The van der Waals surface area contributed by atoms with E-state index in [9.17, 15) is 0 Å². The molecule has 0 aliphatic heterocycles. The number of aromatic nitrogens is 12. The van der Waals surface area contributed by atoms with Crippen LogP contribution in [0.5, 0.6) is 0 Å². The first-order valence-corrected chi connectivity index (χ1v) is 29.9.